The lowest BCUT2D eigenvalue weighted by atomic mass is 9.91. The molecule has 1 amide bonds. The predicted octanol–water partition coefficient (Wildman–Crippen LogP) is 5.56. The Morgan fingerprint density at radius 2 is 1.96 bits per heavy atom. The minimum Gasteiger partial charge on any atom is -0.396 e. The second kappa shape index (κ2) is 16.4. The molecule has 0 bridgehead atoms. The molecular formula is C21H42N2O2. The van der Waals surface area contributed by atoms with Gasteiger partial charge in [0.1, 0.15) is 6.61 Å². The Labute approximate surface area is 156 Å². The largest absolute Gasteiger partial charge is 0.396 e. The van der Waals surface area contributed by atoms with Crippen LogP contribution in [0.15, 0.2) is 5.16 Å². The van der Waals surface area contributed by atoms with Gasteiger partial charge in [-0.3, -0.25) is 4.79 Å². The Hall–Kier alpha value is -1.06. The number of amides is 1. The fourth-order valence-electron chi connectivity index (χ4n) is 2.82. The van der Waals surface area contributed by atoms with E-state index in [1.807, 2.05) is 0 Å². The van der Waals surface area contributed by atoms with Crippen LogP contribution < -0.4 is 5.32 Å². The number of nitrogens with one attached hydrogen (secondary N) is 1. The lowest BCUT2D eigenvalue weighted by Gasteiger charge is -2.23. The first-order chi connectivity index (χ1) is 12.1. The van der Waals surface area contributed by atoms with E-state index >= 15 is 0 Å². The summed E-state index contributed by atoms with van der Waals surface area (Å²) in [5.41, 5.74) is 1.14. The standard InChI is InChI=1S/C11H20N2O2.C10H22/c1-3-10-6-11(13-15-7-10)9(2)4-5-12-8-14;1-4-6-7-8-9-10(3)5-2/h8-10H,3-7H2,1-2H3,(H,12,14);10H,4-9H2,1-3H3. The average molecular weight is 355 g/mol. The second-order valence-electron chi connectivity index (χ2n) is 7.48. The predicted molar refractivity (Wildman–Crippen MR) is 108 cm³/mol. The summed E-state index contributed by atoms with van der Waals surface area (Å²) in [6.07, 6.45) is 12.3. The molecule has 1 N–H and O–H groups in total. The number of rotatable bonds is 12. The highest BCUT2D eigenvalue weighted by Crippen LogP contribution is 2.20. The summed E-state index contributed by atoms with van der Waals surface area (Å²) >= 11 is 0. The first kappa shape index (κ1) is 23.9. The highest BCUT2D eigenvalue weighted by Gasteiger charge is 2.20. The monoisotopic (exact) mass is 354 g/mol. The molecule has 1 aliphatic heterocycles. The van der Waals surface area contributed by atoms with Crippen molar-refractivity contribution in [2.75, 3.05) is 13.2 Å². The molecule has 4 nitrogen and oxygen atoms in total. The lowest BCUT2D eigenvalue weighted by molar-refractivity contribution is -0.109. The molecular weight excluding hydrogens is 312 g/mol. The third-order valence-electron chi connectivity index (χ3n) is 5.19. The zero-order valence-electron chi connectivity index (χ0n) is 17.4. The normalized spacial score (nSPS) is 18.9. The summed E-state index contributed by atoms with van der Waals surface area (Å²) in [4.78, 5) is 15.3. The molecule has 1 heterocycles. The third kappa shape index (κ3) is 12.9. The Morgan fingerprint density at radius 3 is 2.56 bits per heavy atom. The van der Waals surface area contributed by atoms with Crippen molar-refractivity contribution in [3.63, 3.8) is 0 Å². The molecule has 3 unspecified atom stereocenters. The summed E-state index contributed by atoms with van der Waals surface area (Å²) in [6.45, 7) is 12.7. The van der Waals surface area contributed by atoms with Gasteiger partial charge in [-0.2, -0.15) is 0 Å². The van der Waals surface area contributed by atoms with Crippen molar-refractivity contribution < 1.29 is 9.63 Å². The summed E-state index contributed by atoms with van der Waals surface area (Å²) in [5.74, 6) is 1.96. The number of nitrogens with zero attached hydrogens (tertiary/aromatic N) is 1. The van der Waals surface area contributed by atoms with Crippen LogP contribution in [-0.4, -0.2) is 25.3 Å². The maximum Gasteiger partial charge on any atom is 0.207 e. The van der Waals surface area contributed by atoms with Crippen molar-refractivity contribution in [2.24, 2.45) is 22.9 Å². The Balaban J connectivity index is 0.000000504. The number of hydrogen-bond donors (Lipinski definition) is 1. The molecule has 0 aromatic rings. The molecule has 0 spiro atoms. The van der Waals surface area contributed by atoms with Gasteiger partial charge in [0.15, 0.2) is 0 Å². The van der Waals surface area contributed by atoms with Crippen LogP contribution in [0.2, 0.25) is 0 Å². The maximum atomic E-state index is 10.1. The van der Waals surface area contributed by atoms with E-state index in [0.717, 1.165) is 43.9 Å². The van der Waals surface area contributed by atoms with Gasteiger partial charge in [-0.15, -0.1) is 0 Å². The van der Waals surface area contributed by atoms with E-state index in [2.05, 4.69) is 45.1 Å². The van der Waals surface area contributed by atoms with Crippen molar-refractivity contribution in [1.29, 1.82) is 0 Å². The van der Waals surface area contributed by atoms with Crippen molar-refractivity contribution in [3.05, 3.63) is 0 Å². The van der Waals surface area contributed by atoms with Crippen LogP contribution in [0.1, 0.15) is 92.4 Å². The van der Waals surface area contributed by atoms with Crippen LogP contribution in [0.25, 0.3) is 0 Å². The average Bonchev–Trinajstić information content (AvgIpc) is 2.65. The van der Waals surface area contributed by atoms with Crippen LogP contribution >= 0.6 is 0 Å². The van der Waals surface area contributed by atoms with E-state index in [0.29, 0.717) is 18.4 Å². The van der Waals surface area contributed by atoms with Gasteiger partial charge in [0, 0.05) is 12.5 Å². The molecule has 0 saturated carbocycles. The second-order valence-corrected chi connectivity index (χ2v) is 7.48. The van der Waals surface area contributed by atoms with Crippen LogP contribution in [-0.2, 0) is 9.63 Å². The first-order valence-corrected chi connectivity index (χ1v) is 10.4. The van der Waals surface area contributed by atoms with Gasteiger partial charge in [-0.05, 0) is 31.1 Å². The minimum absolute atomic E-state index is 0.395. The van der Waals surface area contributed by atoms with Crippen LogP contribution in [0, 0.1) is 17.8 Å². The van der Waals surface area contributed by atoms with Gasteiger partial charge >= 0.3 is 0 Å². The van der Waals surface area contributed by atoms with Gasteiger partial charge in [0.25, 0.3) is 0 Å². The molecule has 1 rings (SSSR count). The van der Waals surface area contributed by atoms with E-state index in [9.17, 15) is 4.79 Å². The highest BCUT2D eigenvalue weighted by atomic mass is 16.6. The first-order valence-electron chi connectivity index (χ1n) is 10.4. The lowest BCUT2D eigenvalue weighted by Crippen LogP contribution is -2.26. The fraction of sp³-hybridized carbons (Fsp3) is 0.905. The van der Waals surface area contributed by atoms with Crippen molar-refractivity contribution in [1.82, 2.24) is 5.32 Å². The molecule has 3 atom stereocenters. The summed E-state index contributed by atoms with van der Waals surface area (Å²) in [5, 5.41) is 6.77. The molecule has 0 fully saturated rings. The van der Waals surface area contributed by atoms with Crippen molar-refractivity contribution in [2.45, 2.75) is 92.4 Å². The highest BCUT2D eigenvalue weighted by molar-refractivity contribution is 5.86. The molecule has 0 aromatic carbocycles. The van der Waals surface area contributed by atoms with Gasteiger partial charge < -0.3 is 10.2 Å². The van der Waals surface area contributed by atoms with Gasteiger partial charge in [0.2, 0.25) is 6.41 Å². The van der Waals surface area contributed by atoms with E-state index < -0.39 is 0 Å². The fourth-order valence-corrected chi connectivity index (χ4v) is 2.82. The van der Waals surface area contributed by atoms with Gasteiger partial charge in [-0.25, -0.2) is 0 Å². The Kier molecular flexibility index (Phi) is 15.7. The summed E-state index contributed by atoms with van der Waals surface area (Å²) in [6, 6.07) is 0. The van der Waals surface area contributed by atoms with Crippen molar-refractivity contribution >= 4 is 12.1 Å². The van der Waals surface area contributed by atoms with Crippen LogP contribution in [0.5, 0.6) is 0 Å². The number of unbranched alkanes of at least 4 members (excludes halogenated alkanes) is 3. The van der Waals surface area contributed by atoms with E-state index in [1.54, 1.807) is 0 Å². The molecule has 0 saturated heterocycles. The molecule has 0 radical (unpaired) electrons. The summed E-state index contributed by atoms with van der Waals surface area (Å²) < 4.78 is 0. The van der Waals surface area contributed by atoms with Crippen LogP contribution in [0.4, 0.5) is 0 Å². The minimum atomic E-state index is 0.395. The third-order valence-corrected chi connectivity index (χ3v) is 5.19. The molecule has 148 valence electrons. The Morgan fingerprint density at radius 1 is 1.20 bits per heavy atom. The van der Waals surface area contributed by atoms with Crippen molar-refractivity contribution in [3.8, 4) is 0 Å². The maximum absolute atomic E-state index is 10.1. The van der Waals surface area contributed by atoms with E-state index in [1.165, 1.54) is 38.5 Å². The number of carbonyl (C=O) groups excluding carboxylic acids is 1. The zero-order chi connectivity index (χ0) is 18.9. The number of oxime groups is 1. The topological polar surface area (TPSA) is 50.7 Å². The van der Waals surface area contributed by atoms with Gasteiger partial charge in [0.05, 0.1) is 5.71 Å². The van der Waals surface area contributed by atoms with E-state index in [4.69, 9.17) is 4.84 Å². The Bertz CT molecular complexity index is 345. The molecule has 25 heavy (non-hydrogen) atoms. The molecule has 4 heteroatoms. The quantitative estimate of drug-likeness (QED) is 0.368. The van der Waals surface area contributed by atoms with Crippen LogP contribution in [0.3, 0.4) is 0 Å². The zero-order valence-corrected chi connectivity index (χ0v) is 17.4. The smallest absolute Gasteiger partial charge is 0.207 e. The molecule has 1 aliphatic rings. The number of carbonyl (C=O) groups is 1. The van der Waals surface area contributed by atoms with Gasteiger partial charge in [-0.1, -0.05) is 78.3 Å². The molecule has 0 aliphatic carbocycles. The SMILES string of the molecule is CCC1CON=C(C(C)CCNC=O)C1.CCCCCCC(C)CC. The number of hydrogen-bond acceptors (Lipinski definition) is 3. The molecule has 0 aromatic heterocycles. The summed E-state index contributed by atoms with van der Waals surface area (Å²) in [7, 11) is 0. The van der Waals surface area contributed by atoms with E-state index in [-0.39, 0.29) is 0 Å².